The third-order valence-electron chi connectivity index (χ3n) is 6.36. The molecule has 1 aliphatic rings. The molecule has 38 heavy (non-hydrogen) atoms. The zero-order valence-corrected chi connectivity index (χ0v) is 25.8. The number of hydrogen-bond donors (Lipinski definition) is 1. The third-order valence-corrected chi connectivity index (χ3v) is 8.02. The topological polar surface area (TPSA) is 83.1 Å². The van der Waals surface area contributed by atoms with Crippen molar-refractivity contribution in [1.29, 1.82) is 0 Å². The molecule has 1 aromatic rings. The number of nitrogens with one attached hydrogen (secondary N) is 1. The first kappa shape index (κ1) is 32.8. The molecule has 0 aromatic heterocycles. The Morgan fingerprint density at radius 2 is 1.34 bits per heavy atom. The van der Waals surface area contributed by atoms with E-state index in [1.807, 2.05) is 20.8 Å². The van der Waals surface area contributed by atoms with Crippen LogP contribution in [0.5, 0.6) is 0 Å². The van der Waals surface area contributed by atoms with Crippen LogP contribution in [0.2, 0.25) is 0 Å². The van der Waals surface area contributed by atoms with E-state index in [1.54, 1.807) is 20.8 Å². The summed E-state index contributed by atoms with van der Waals surface area (Å²) in [4.78, 5) is 12.6. The summed E-state index contributed by atoms with van der Waals surface area (Å²) in [6, 6.07) is 8.97. The number of phosphoric ester groups is 1. The third kappa shape index (κ3) is 13.1. The highest BCUT2D eigenvalue weighted by atomic mass is 31.2. The molecule has 1 saturated heterocycles. The fourth-order valence-electron chi connectivity index (χ4n) is 4.45. The highest BCUT2D eigenvalue weighted by molar-refractivity contribution is 7.48. The number of aryl methyl sites for hydroxylation is 2. The van der Waals surface area contributed by atoms with Crippen LogP contribution in [0, 0.1) is 0 Å². The maximum atomic E-state index is 12.9. The van der Waals surface area contributed by atoms with Crippen molar-refractivity contribution < 1.29 is 27.7 Å². The van der Waals surface area contributed by atoms with Crippen LogP contribution < -0.4 is 5.32 Å². The highest BCUT2D eigenvalue weighted by Crippen LogP contribution is 2.56. The summed E-state index contributed by atoms with van der Waals surface area (Å²) in [7, 11) is -3.70. The van der Waals surface area contributed by atoms with Crippen LogP contribution in [0.3, 0.4) is 0 Å². The Morgan fingerprint density at radius 1 is 0.842 bits per heavy atom. The molecular weight excluding hydrogens is 501 g/mol. The number of hydrogen-bond acceptors (Lipinski definition) is 6. The van der Waals surface area contributed by atoms with Crippen LogP contribution in [0.15, 0.2) is 24.3 Å². The minimum Gasteiger partial charge on any atom is -0.444 e. The summed E-state index contributed by atoms with van der Waals surface area (Å²) >= 11 is 0. The molecule has 0 unspecified atom stereocenters. The van der Waals surface area contributed by atoms with Gasteiger partial charge in [-0.05, 0) is 84.8 Å². The summed E-state index contributed by atoms with van der Waals surface area (Å²) in [6.45, 7) is 13.2. The smallest absolute Gasteiger partial charge is 0.444 e. The molecule has 1 amide bonds. The number of carbonyl (C=O) groups is 1. The Bertz CT molecular complexity index is 875. The molecule has 0 aliphatic carbocycles. The lowest BCUT2D eigenvalue weighted by Gasteiger charge is -2.41. The minimum atomic E-state index is -3.70. The Hall–Kier alpha value is -1.40. The molecule has 0 spiro atoms. The van der Waals surface area contributed by atoms with Crippen molar-refractivity contribution in [2.75, 3.05) is 13.2 Å². The number of benzene rings is 1. The van der Waals surface area contributed by atoms with E-state index in [0.717, 1.165) is 25.7 Å². The number of unbranched alkanes of at least 4 members (excludes halogenated alkanes) is 6. The van der Waals surface area contributed by atoms with Gasteiger partial charge in [-0.25, -0.2) is 9.36 Å². The van der Waals surface area contributed by atoms with Crippen LogP contribution >= 0.6 is 7.82 Å². The lowest BCUT2D eigenvalue weighted by atomic mass is 9.93. The molecule has 1 N–H and O–H groups in total. The van der Waals surface area contributed by atoms with Gasteiger partial charge in [0.2, 0.25) is 0 Å². The van der Waals surface area contributed by atoms with Crippen molar-refractivity contribution in [2.45, 2.75) is 136 Å². The second-order valence-corrected chi connectivity index (χ2v) is 14.2. The number of phosphoric acid groups is 1. The lowest BCUT2D eigenvalue weighted by molar-refractivity contribution is -0.0282. The standard InChI is InChI=1S/C30H52NO6P/c1-8-9-10-11-12-13-16-25-18-20-26(21-19-25)17-14-15-22-30(31-27(32)36-28(2,3)4)23-34-38(33,35-24-30)37-29(5,6)7/h18-21H,8-17,22-24H2,1-7H3,(H,31,32). The first-order valence-electron chi connectivity index (χ1n) is 14.4. The van der Waals surface area contributed by atoms with E-state index in [-0.39, 0.29) is 13.2 Å². The Morgan fingerprint density at radius 3 is 1.84 bits per heavy atom. The van der Waals surface area contributed by atoms with E-state index < -0.39 is 30.7 Å². The van der Waals surface area contributed by atoms with Crippen molar-refractivity contribution in [3.63, 3.8) is 0 Å². The quantitative estimate of drug-likeness (QED) is 0.184. The van der Waals surface area contributed by atoms with Crippen LogP contribution in [0.25, 0.3) is 0 Å². The predicted molar refractivity (Wildman–Crippen MR) is 154 cm³/mol. The zero-order chi connectivity index (χ0) is 28.3. The molecule has 0 atom stereocenters. The molecule has 1 aromatic carbocycles. The summed E-state index contributed by atoms with van der Waals surface area (Å²) < 4.78 is 35.2. The normalized spacial score (nSPS) is 22.3. The fraction of sp³-hybridized carbons (Fsp3) is 0.767. The first-order valence-corrected chi connectivity index (χ1v) is 15.9. The van der Waals surface area contributed by atoms with Gasteiger partial charge in [0, 0.05) is 0 Å². The largest absolute Gasteiger partial charge is 0.475 e. The molecule has 0 radical (unpaired) electrons. The predicted octanol–water partition coefficient (Wildman–Crippen LogP) is 8.54. The van der Waals surface area contributed by atoms with Crippen molar-refractivity contribution in [1.82, 2.24) is 5.32 Å². The van der Waals surface area contributed by atoms with Crippen LogP contribution in [0.4, 0.5) is 4.79 Å². The molecule has 1 fully saturated rings. The monoisotopic (exact) mass is 553 g/mol. The molecule has 2 rings (SSSR count). The minimum absolute atomic E-state index is 0.0345. The number of ether oxygens (including phenoxy) is 1. The van der Waals surface area contributed by atoms with Crippen LogP contribution in [-0.4, -0.2) is 36.0 Å². The SMILES string of the molecule is CCCCCCCCc1ccc(CCCCC2(NC(=O)OC(C)(C)C)COP(=O)(OC(C)(C)C)OC2)cc1. The van der Waals surface area contributed by atoms with E-state index >= 15 is 0 Å². The van der Waals surface area contributed by atoms with Gasteiger partial charge < -0.3 is 10.1 Å². The molecule has 0 bridgehead atoms. The molecule has 218 valence electrons. The number of carbonyl (C=O) groups excluding carboxylic acids is 1. The van der Waals surface area contributed by atoms with Crippen LogP contribution in [-0.2, 0) is 35.7 Å². The molecular formula is C30H52NO6P. The molecule has 7 nitrogen and oxygen atoms in total. The van der Waals surface area contributed by atoms with E-state index in [9.17, 15) is 9.36 Å². The second kappa shape index (κ2) is 14.8. The van der Waals surface area contributed by atoms with Crippen LogP contribution in [0.1, 0.15) is 117 Å². The fourth-order valence-corrected chi connectivity index (χ4v) is 6.11. The van der Waals surface area contributed by atoms with Gasteiger partial charge in [-0.3, -0.25) is 13.6 Å². The van der Waals surface area contributed by atoms with Gasteiger partial charge in [0.05, 0.1) is 24.4 Å². The van der Waals surface area contributed by atoms with E-state index in [0.29, 0.717) is 6.42 Å². The van der Waals surface area contributed by atoms with Gasteiger partial charge in [-0.15, -0.1) is 0 Å². The van der Waals surface area contributed by atoms with Crippen molar-refractivity contribution in [3.8, 4) is 0 Å². The Labute approximate surface area is 231 Å². The van der Waals surface area contributed by atoms with Gasteiger partial charge in [-0.2, -0.15) is 0 Å². The lowest BCUT2D eigenvalue weighted by Crippen LogP contribution is -2.57. The second-order valence-electron chi connectivity index (χ2n) is 12.6. The molecule has 1 heterocycles. The van der Waals surface area contributed by atoms with E-state index in [1.165, 1.54) is 49.7 Å². The molecule has 1 aliphatic heterocycles. The first-order chi connectivity index (χ1) is 17.7. The number of amides is 1. The summed E-state index contributed by atoms with van der Waals surface area (Å²) in [5.74, 6) is 0. The van der Waals surface area contributed by atoms with Gasteiger partial charge >= 0.3 is 13.9 Å². The Balaban J connectivity index is 1.86. The maximum absolute atomic E-state index is 12.9. The van der Waals surface area contributed by atoms with E-state index in [2.05, 4.69) is 36.5 Å². The van der Waals surface area contributed by atoms with Gasteiger partial charge in [0.15, 0.2) is 0 Å². The van der Waals surface area contributed by atoms with Crippen molar-refractivity contribution in [3.05, 3.63) is 35.4 Å². The number of alkyl carbamates (subject to hydrolysis) is 1. The molecule has 8 heteroatoms. The average molecular weight is 554 g/mol. The highest BCUT2D eigenvalue weighted by Gasteiger charge is 2.46. The van der Waals surface area contributed by atoms with Crippen molar-refractivity contribution >= 4 is 13.9 Å². The van der Waals surface area contributed by atoms with Gasteiger partial charge in [0.1, 0.15) is 5.60 Å². The Kier molecular flexibility index (Phi) is 12.8. The van der Waals surface area contributed by atoms with E-state index in [4.69, 9.17) is 18.3 Å². The summed E-state index contributed by atoms with van der Waals surface area (Å²) in [5.41, 5.74) is 0.567. The van der Waals surface area contributed by atoms with Gasteiger partial charge in [-0.1, -0.05) is 69.7 Å². The summed E-state index contributed by atoms with van der Waals surface area (Å²) in [6.07, 6.45) is 11.9. The number of rotatable bonds is 14. The zero-order valence-electron chi connectivity index (χ0n) is 24.9. The summed E-state index contributed by atoms with van der Waals surface area (Å²) in [5, 5.41) is 2.94. The average Bonchev–Trinajstić information content (AvgIpc) is 2.80. The van der Waals surface area contributed by atoms with Crippen molar-refractivity contribution in [2.24, 2.45) is 0 Å². The van der Waals surface area contributed by atoms with Gasteiger partial charge in [0.25, 0.3) is 0 Å². The molecule has 0 saturated carbocycles. The maximum Gasteiger partial charge on any atom is 0.475 e.